The highest BCUT2D eigenvalue weighted by Gasteiger charge is 2.35. The van der Waals surface area contributed by atoms with E-state index in [2.05, 4.69) is 59.4 Å². The van der Waals surface area contributed by atoms with Gasteiger partial charge in [0.1, 0.15) is 28.6 Å². The second-order valence-electron chi connectivity index (χ2n) is 19.5. The molecule has 0 spiro atoms. The summed E-state index contributed by atoms with van der Waals surface area (Å²) in [6.07, 6.45) is 12.7. The molecule has 3 unspecified atom stereocenters. The van der Waals surface area contributed by atoms with Gasteiger partial charge in [0.25, 0.3) is 0 Å². The van der Waals surface area contributed by atoms with Crippen LogP contribution < -0.4 is 20.3 Å². The summed E-state index contributed by atoms with van der Waals surface area (Å²) < 4.78 is 40.0. The Hall–Kier alpha value is -6.81. The largest absolute Gasteiger partial charge is 0.508 e. The molecular weight excluding hydrogens is 897 g/mol. The van der Waals surface area contributed by atoms with Gasteiger partial charge in [0, 0.05) is 93.9 Å². The average molecular weight is 952 g/mol. The number of hydrogen-bond acceptors (Lipinski definition) is 13. The molecule has 0 aliphatic carbocycles. The Morgan fingerprint density at radius 1 is 0.929 bits per heavy atom. The van der Waals surface area contributed by atoms with E-state index in [0.717, 1.165) is 69.3 Å². The van der Waals surface area contributed by atoms with Gasteiger partial charge in [-0.3, -0.25) is 39.2 Å². The second kappa shape index (κ2) is 18.8. The number of carbonyl (C=O) groups is 3. The number of piperidine rings is 2. The minimum atomic E-state index is -0.760. The molecule has 5 saturated heterocycles. The van der Waals surface area contributed by atoms with Crippen LogP contribution in [0.25, 0.3) is 43.8 Å². The monoisotopic (exact) mass is 951 g/mol. The number of nitrogens with one attached hydrogen (secondary N) is 2. The van der Waals surface area contributed by atoms with Crippen LogP contribution in [-0.2, 0) is 21.4 Å². The molecule has 18 heteroatoms. The molecule has 6 aromatic rings. The number of likely N-dealkylation sites (tertiary alicyclic amines) is 1. The summed E-state index contributed by atoms with van der Waals surface area (Å²) in [5.41, 5.74) is 2.88. The summed E-state index contributed by atoms with van der Waals surface area (Å²) in [6, 6.07) is 12.5. The molecule has 8 heterocycles. The molecule has 362 valence electrons. The normalized spacial score (nSPS) is 21.5. The van der Waals surface area contributed by atoms with E-state index in [-0.39, 0.29) is 75.9 Å². The Morgan fingerprint density at radius 3 is 2.47 bits per heavy atom. The van der Waals surface area contributed by atoms with Gasteiger partial charge in [-0.15, -0.1) is 6.42 Å². The van der Waals surface area contributed by atoms with Crippen molar-refractivity contribution in [3.05, 3.63) is 77.1 Å². The number of aromatic nitrogens is 5. The van der Waals surface area contributed by atoms with Crippen LogP contribution in [0.15, 0.2) is 48.7 Å². The topological polar surface area (TPSA) is 174 Å². The number of nitrogens with zero attached hydrogens (tertiary/aromatic N) is 9. The maximum Gasteiger partial charge on any atom is 0.319 e. The van der Waals surface area contributed by atoms with Crippen molar-refractivity contribution in [2.24, 2.45) is 7.05 Å². The molecule has 2 bridgehead atoms. The van der Waals surface area contributed by atoms with Crippen LogP contribution in [0.1, 0.15) is 73.6 Å². The molecule has 5 aliphatic rings. The minimum absolute atomic E-state index is 0.00212. The zero-order valence-corrected chi connectivity index (χ0v) is 39.1. The smallest absolute Gasteiger partial charge is 0.319 e. The molecule has 3 amide bonds. The van der Waals surface area contributed by atoms with Crippen LogP contribution in [0.2, 0.25) is 0 Å². The third kappa shape index (κ3) is 8.75. The average Bonchev–Trinajstić information content (AvgIpc) is 3.88. The third-order valence-corrected chi connectivity index (χ3v) is 15.1. The molecule has 3 atom stereocenters. The van der Waals surface area contributed by atoms with Crippen molar-refractivity contribution < 1.29 is 33.0 Å². The van der Waals surface area contributed by atoms with Crippen molar-refractivity contribution in [2.45, 2.75) is 68.9 Å². The molecular formula is C52H55F2N11O5. The van der Waals surface area contributed by atoms with Crippen molar-refractivity contribution in [3.63, 3.8) is 0 Å². The summed E-state index contributed by atoms with van der Waals surface area (Å²) in [4.78, 5) is 60.5. The van der Waals surface area contributed by atoms with E-state index >= 15 is 4.39 Å². The predicted molar refractivity (Wildman–Crippen MR) is 259 cm³/mol. The number of aryl methyl sites for hydroxylation is 1. The van der Waals surface area contributed by atoms with Gasteiger partial charge < -0.3 is 25.0 Å². The first-order valence-corrected chi connectivity index (χ1v) is 24.4. The Bertz CT molecular complexity index is 3090. The van der Waals surface area contributed by atoms with E-state index in [1.54, 1.807) is 0 Å². The van der Waals surface area contributed by atoms with Crippen LogP contribution in [0.3, 0.4) is 0 Å². The summed E-state index contributed by atoms with van der Waals surface area (Å²) in [5, 5.41) is 23.5. The van der Waals surface area contributed by atoms with Gasteiger partial charge in [0.05, 0.1) is 41.2 Å². The Balaban J connectivity index is 0.698. The first-order chi connectivity index (χ1) is 34.0. The van der Waals surface area contributed by atoms with Crippen LogP contribution >= 0.6 is 0 Å². The number of phenolic OH excluding ortho intramolecular Hbond substituents is 1. The lowest BCUT2D eigenvalue weighted by molar-refractivity contribution is -0.135. The number of hydrogen-bond donors (Lipinski definition) is 3. The van der Waals surface area contributed by atoms with Gasteiger partial charge >= 0.3 is 6.01 Å². The van der Waals surface area contributed by atoms with Crippen LogP contribution in [-0.4, -0.2) is 146 Å². The number of carbonyl (C=O) groups excluding carboxylic acids is 3. The number of rotatable bonds is 11. The highest BCUT2D eigenvalue weighted by molar-refractivity contribution is 6.04. The van der Waals surface area contributed by atoms with Gasteiger partial charge in [-0.05, 0) is 92.7 Å². The van der Waals surface area contributed by atoms with Crippen LogP contribution in [0.5, 0.6) is 11.8 Å². The van der Waals surface area contributed by atoms with Crippen molar-refractivity contribution in [1.29, 1.82) is 0 Å². The highest BCUT2D eigenvalue weighted by Crippen LogP contribution is 2.40. The number of halogens is 2. The van der Waals surface area contributed by atoms with Gasteiger partial charge in [-0.1, -0.05) is 24.1 Å². The van der Waals surface area contributed by atoms with Gasteiger partial charge in [-0.2, -0.15) is 15.1 Å². The third-order valence-electron chi connectivity index (χ3n) is 15.1. The van der Waals surface area contributed by atoms with E-state index in [4.69, 9.17) is 21.2 Å². The fourth-order valence-electron chi connectivity index (χ4n) is 11.4. The number of imide groups is 1. The fourth-order valence-corrected chi connectivity index (χ4v) is 11.4. The quantitative estimate of drug-likeness (QED) is 0.0906. The first-order valence-electron chi connectivity index (χ1n) is 24.4. The summed E-state index contributed by atoms with van der Waals surface area (Å²) in [5.74, 6) is 0.915. The van der Waals surface area contributed by atoms with E-state index in [9.17, 15) is 23.9 Å². The maximum atomic E-state index is 17.0. The molecule has 70 heavy (non-hydrogen) atoms. The van der Waals surface area contributed by atoms with Crippen molar-refractivity contribution in [2.75, 3.05) is 77.0 Å². The summed E-state index contributed by atoms with van der Waals surface area (Å²) >= 11 is 0. The first kappa shape index (κ1) is 45.6. The molecule has 5 fully saturated rings. The summed E-state index contributed by atoms with van der Waals surface area (Å²) in [7, 11) is 1.89. The number of fused-ring (bicyclic) bond motifs is 5. The lowest BCUT2D eigenvalue weighted by Crippen LogP contribution is -2.52. The molecule has 5 aliphatic heterocycles. The van der Waals surface area contributed by atoms with Gasteiger partial charge in [-0.25, -0.2) is 8.78 Å². The zero-order valence-electron chi connectivity index (χ0n) is 39.1. The number of amides is 3. The van der Waals surface area contributed by atoms with Crippen LogP contribution in [0, 0.1) is 24.0 Å². The second-order valence-corrected chi connectivity index (χ2v) is 19.5. The van der Waals surface area contributed by atoms with Gasteiger partial charge in [0.2, 0.25) is 17.7 Å². The van der Waals surface area contributed by atoms with Crippen molar-refractivity contribution in [1.82, 2.24) is 50.1 Å². The van der Waals surface area contributed by atoms with Gasteiger partial charge in [0.15, 0.2) is 5.82 Å². The molecule has 16 nitrogen and oxygen atoms in total. The number of aromatic hydroxyl groups is 1. The maximum absolute atomic E-state index is 17.0. The number of anilines is 1. The fraction of sp³-hybridized carbons (Fsp3) is 0.442. The number of terminal acetylenes is 1. The lowest BCUT2D eigenvalue weighted by Gasteiger charge is -2.37. The number of benzene rings is 3. The Morgan fingerprint density at radius 2 is 1.71 bits per heavy atom. The highest BCUT2D eigenvalue weighted by atomic mass is 19.1. The number of phenols is 1. The zero-order chi connectivity index (χ0) is 48.2. The number of pyridine rings is 1. The molecule has 3 N–H and O–H groups in total. The Labute approximate surface area is 403 Å². The molecule has 3 aromatic carbocycles. The number of piperazine rings is 2. The molecule has 0 saturated carbocycles. The number of ether oxygens (including phenoxy) is 1. The molecule has 11 rings (SSSR count). The minimum Gasteiger partial charge on any atom is -0.508 e. The SMILES string of the molecule is C#Cc1c(F)ccc2cc(O)cc(-c3ncc4c(N5CC6CCC(C5)N6)nc(OCCCN5CCN(C(=O)CN6CCC(c7ccc8c(C9CCC(=O)NC9=O)nn(C)c8c7)CC6)CC5)nc4c3F)c12. The summed E-state index contributed by atoms with van der Waals surface area (Å²) in [6.45, 7) is 7.22. The van der Waals surface area contributed by atoms with E-state index < -0.39 is 17.6 Å². The van der Waals surface area contributed by atoms with Crippen molar-refractivity contribution in [3.8, 4) is 35.4 Å². The van der Waals surface area contributed by atoms with E-state index in [1.165, 1.54) is 36.0 Å². The van der Waals surface area contributed by atoms with E-state index in [1.807, 2.05) is 16.6 Å². The lowest BCUT2D eigenvalue weighted by atomic mass is 9.88. The van der Waals surface area contributed by atoms with Crippen LogP contribution in [0.4, 0.5) is 14.6 Å². The standard InChI is InChI=1S/C52H55F2N11O5/c1-3-36-41(53)11-6-32-23-35(66)25-39(45(32)36)48-46(54)49-40(26-55-48)50(65-27-33-7-8-34(28-65)56-33)59-52(58-49)70-22-4-15-62-18-20-64(21-19-62)44(68)29-63-16-13-30(14-17-63)31-5-9-37-42(24-31)61(2)60-47(37)38-10-12-43(67)57-51(38)69/h1,5-6,9,11,23-26,30,33-34,38,56,66H,4,7-8,10,12-22,27-29H2,2H3,(H,57,67,69). The predicted octanol–water partition coefficient (Wildman–Crippen LogP) is 4.95. The molecule has 0 radical (unpaired) electrons. The Kier molecular flexibility index (Phi) is 12.3. The van der Waals surface area contributed by atoms with E-state index in [0.29, 0.717) is 80.2 Å². The van der Waals surface area contributed by atoms with Crippen molar-refractivity contribution >= 4 is 56.1 Å². The molecule has 3 aromatic heterocycles.